The van der Waals surface area contributed by atoms with E-state index in [2.05, 4.69) is 5.32 Å². The van der Waals surface area contributed by atoms with Crippen molar-refractivity contribution < 1.29 is 19.4 Å². The molecule has 0 spiro atoms. The highest BCUT2D eigenvalue weighted by Gasteiger charge is 2.35. The number of aliphatic carboxylic acids is 1. The summed E-state index contributed by atoms with van der Waals surface area (Å²) >= 11 is 0. The molecule has 0 atom stereocenters. The van der Waals surface area contributed by atoms with E-state index in [1.807, 2.05) is 0 Å². The number of benzene rings is 1. The molecule has 1 aromatic carbocycles. The SMILES string of the molecule is COc1ccc(NC(=O)C(C)(C)C(=O)O)cc1. The second-order valence-electron chi connectivity index (χ2n) is 4.11. The summed E-state index contributed by atoms with van der Waals surface area (Å²) < 4.78 is 4.97. The van der Waals surface area contributed by atoms with E-state index in [4.69, 9.17) is 9.84 Å². The van der Waals surface area contributed by atoms with Gasteiger partial charge in [-0.05, 0) is 38.1 Å². The molecule has 0 heterocycles. The molecule has 0 aliphatic rings. The topological polar surface area (TPSA) is 75.6 Å². The lowest BCUT2D eigenvalue weighted by molar-refractivity contribution is -0.151. The largest absolute Gasteiger partial charge is 0.497 e. The van der Waals surface area contributed by atoms with Crippen LogP contribution in [-0.2, 0) is 9.59 Å². The molecule has 5 nitrogen and oxygen atoms in total. The van der Waals surface area contributed by atoms with E-state index < -0.39 is 17.3 Å². The quantitative estimate of drug-likeness (QED) is 0.782. The van der Waals surface area contributed by atoms with Crippen LogP contribution in [0.5, 0.6) is 5.75 Å². The van der Waals surface area contributed by atoms with E-state index >= 15 is 0 Å². The number of nitrogens with one attached hydrogen (secondary N) is 1. The average Bonchev–Trinajstić information content (AvgIpc) is 2.29. The lowest BCUT2D eigenvalue weighted by atomic mass is 9.92. The summed E-state index contributed by atoms with van der Waals surface area (Å²) in [6.45, 7) is 2.71. The fourth-order valence-corrected chi connectivity index (χ4v) is 1.06. The number of ether oxygens (including phenoxy) is 1. The van der Waals surface area contributed by atoms with Crippen molar-refractivity contribution in [2.75, 3.05) is 12.4 Å². The van der Waals surface area contributed by atoms with Crippen molar-refractivity contribution in [3.8, 4) is 5.75 Å². The number of methoxy groups -OCH3 is 1. The normalized spacial score (nSPS) is 10.8. The van der Waals surface area contributed by atoms with Crippen LogP contribution in [0.4, 0.5) is 5.69 Å². The molecule has 0 aliphatic carbocycles. The van der Waals surface area contributed by atoms with Crippen LogP contribution in [-0.4, -0.2) is 24.1 Å². The number of carboxylic acid groups (broad SMARTS) is 1. The van der Waals surface area contributed by atoms with Gasteiger partial charge in [0.15, 0.2) is 0 Å². The van der Waals surface area contributed by atoms with Crippen molar-refractivity contribution in [3.63, 3.8) is 0 Å². The Morgan fingerprint density at radius 2 is 1.76 bits per heavy atom. The third-order valence-electron chi connectivity index (χ3n) is 2.45. The molecule has 1 aromatic rings. The van der Waals surface area contributed by atoms with Gasteiger partial charge in [0.2, 0.25) is 5.91 Å². The van der Waals surface area contributed by atoms with Crippen molar-refractivity contribution >= 4 is 17.6 Å². The fourth-order valence-electron chi connectivity index (χ4n) is 1.06. The molecule has 5 heteroatoms. The minimum absolute atomic E-state index is 0.533. The first-order chi connectivity index (χ1) is 7.87. The molecule has 1 rings (SSSR count). The van der Waals surface area contributed by atoms with Crippen LogP contribution < -0.4 is 10.1 Å². The van der Waals surface area contributed by atoms with Gasteiger partial charge in [0.05, 0.1) is 7.11 Å². The van der Waals surface area contributed by atoms with Gasteiger partial charge in [-0.3, -0.25) is 9.59 Å². The van der Waals surface area contributed by atoms with Gasteiger partial charge in [-0.15, -0.1) is 0 Å². The minimum atomic E-state index is -1.46. The van der Waals surface area contributed by atoms with Crippen LogP contribution in [0.1, 0.15) is 13.8 Å². The lowest BCUT2D eigenvalue weighted by Gasteiger charge is -2.18. The molecule has 0 unspecified atom stereocenters. The summed E-state index contributed by atoms with van der Waals surface area (Å²) in [6.07, 6.45) is 0. The molecule has 0 bridgehead atoms. The fraction of sp³-hybridized carbons (Fsp3) is 0.333. The van der Waals surface area contributed by atoms with Crippen molar-refractivity contribution in [3.05, 3.63) is 24.3 Å². The monoisotopic (exact) mass is 237 g/mol. The Morgan fingerprint density at radius 1 is 1.24 bits per heavy atom. The number of carboxylic acids is 1. The van der Waals surface area contributed by atoms with Crippen LogP contribution in [0.3, 0.4) is 0 Å². The molecule has 17 heavy (non-hydrogen) atoms. The number of amides is 1. The van der Waals surface area contributed by atoms with Crippen molar-refractivity contribution in [1.82, 2.24) is 0 Å². The molecule has 2 N–H and O–H groups in total. The zero-order valence-corrected chi connectivity index (χ0v) is 9.98. The second-order valence-corrected chi connectivity index (χ2v) is 4.11. The van der Waals surface area contributed by atoms with Gasteiger partial charge in [0.1, 0.15) is 11.2 Å². The standard InChI is InChI=1S/C12H15NO4/c1-12(2,11(15)16)10(14)13-8-4-6-9(17-3)7-5-8/h4-7H,1-3H3,(H,13,14)(H,15,16). The van der Waals surface area contributed by atoms with E-state index in [1.165, 1.54) is 13.8 Å². The highest BCUT2D eigenvalue weighted by atomic mass is 16.5. The van der Waals surface area contributed by atoms with Crippen LogP contribution >= 0.6 is 0 Å². The van der Waals surface area contributed by atoms with Crippen molar-refractivity contribution in [2.24, 2.45) is 5.41 Å². The van der Waals surface area contributed by atoms with Crippen molar-refractivity contribution in [2.45, 2.75) is 13.8 Å². The van der Waals surface area contributed by atoms with Gasteiger partial charge in [-0.1, -0.05) is 0 Å². The van der Waals surface area contributed by atoms with Crippen LogP contribution in [0.15, 0.2) is 24.3 Å². The highest BCUT2D eigenvalue weighted by Crippen LogP contribution is 2.20. The van der Waals surface area contributed by atoms with Gasteiger partial charge in [-0.25, -0.2) is 0 Å². The van der Waals surface area contributed by atoms with Crippen LogP contribution in [0, 0.1) is 5.41 Å². The van der Waals surface area contributed by atoms with E-state index in [0.717, 1.165) is 0 Å². The number of hydrogen-bond acceptors (Lipinski definition) is 3. The summed E-state index contributed by atoms with van der Waals surface area (Å²) in [5.74, 6) is -1.06. The lowest BCUT2D eigenvalue weighted by Crippen LogP contribution is -2.37. The molecular weight excluding hydrogens is 222 g/mol. The van der Waals surface area contributed by atoms with E-state index in [1.54, 1.807) is 31.4 Å². The smallest absolute Gasteiger partial charge is 0.318 e. The zero-order valence-electron chi connectivity index (χ0n) is 9.98. The number of carbonyl (C=O) groups excluding carboxylic acids is 1. The molecule has 1 amide bonds. The third-order valence-corrected chi connectivity index (χ3v) is 2.45. The Hall–Kier alpha value is -2.04. The predicted octanol–water partition coefficient (Wildman–Crippen LogP) is 1.74. The Balaban J connectivity index is 2.77. The Bertz CT molecular complexity index is 423. The number of anilines is 1. The van der Waals surface area contributed by atoms with E-state index in [0.29, 0.717) is 11.4 Å². The maximum absolute atomic E-state index is 11.7. The molecule has 0 fully saturated rings. The predicted molar refractivity (Wildman–Crippen MR) is 63.0 cm³/mol. The first kappa shape index (κ1) is 13.0. The number of rotatable bonds is 4. The second kappa shape index (κ2) is 4.86. The number of carbonyl (C=O) groups is 2. The Morgan fingerprint density at radius 3 is 2.18 bits per heavy atom. The first-order valence-corrected chi connectivity index (χ1v) is 5.07. The van der Waals surface area contributed by atoms with E-state index in [-0.39, 0.29) is 0 Å². The summed E-state index contributed by atoms with van der Waals surface area (Å²) in [5, 5.41) is 11.4. The van der Waals surface area contributed by atoms with Gasteiger partial charge in [0.25, 0.3) is 0 Å². The van der Waals surface area contributed by atoms with Gasteiger partial charge in [0, 0.05) is 5.69 Å². The van der Waals surface area contributed by atoms with Crippen LogP contribution in [0.2, 0.25) is 0 Å². The molecule has 92 valence electrons. The average molecular weight is 237 g/mol. The zero-order chi connectivity index (χ0) is 13.1. The first-order valence-electron chi connectivity index (χ1n) is 5.07. The summed E-state index contributed by atoms with van der Waals surface area (Å²) in [6, 6.07) is 6.66. The molecule has 0 aliphatic heterocycles. The summed E-state index contributed by atoms with van der Waals surface area (Å²) in [7, 11) is 1.54. The number of hydrogen-bond donors (Lipinski definition) is 2. The van der Waals surface area contributed by atoms with Gasteiger partial charge >= 0.3 is 5.97 Å². The maximum Gasteiger partial charge on any atom is 0.318 e. The Labute approximate surface area is 99.4 Å². The van der Waals surface area contributed by atoms with Gasteiger partial charge < -0.3 is 15.2 Å². The van der Waals surface area contributed by atoms with E-state index in [9.17, 15) is 9.59 Å². The molecule has 0 radical (unpaired) electrons. The summed E-state index contributed by atoms with van der Waals surface area (Å²) in [5.41, 5.74) is -0.926. The molecule has 0 saturated carbocycles. The summed E-state index contributed by atoms with van der Waals surface area (Å²) in [4.78, 5) is 22.6. The Kier molecular flexibility index (Phi) is 3.73. The maximum atomic E-state index is 11.7. The minimum Gasteiger partial charge on any atom is -0.497 e. The molecule has 0 aromatic heterocycles. The third kappa shape index (κ3) is 2.96. The van der Waals surface area contributed by atoms with Crippen molar-refractivity contribution in [1.29, 1.82) is 0 Å². The van der Waals surface area contributed by atoms with Crippen LogP contribution in [0.25, 0.3) is 0 Å². The molecular formula is C12H15NO4. The molecule has 0 saturated heterocycles. The van der Waals surface area contributed by atoms with Gasteiger partial charge in [-0.2, -0.15) is 0 Å². The highest BCUT2D eigenvalue weighted by molar-refractivity contribution is 6.07.